The monoisotopic (exact) mass is 380 g/mol. The average Bonchev–Trinajstić information content (AvgIpc) is 2.32. The fraction of sp³-hybridized carbons (Fsp3) is 0.333. The van der Waals surface area contributed by atoms with Crippen LogP contribution in [0.15, 0.2) is 18.2 Å². The van der Waals surface area contributed by atoms with Gasteiger partial charge in [0.1, 0.15) is 0 Å². The smallest absolute Gasteiger partial charge is 0.254 e. The number of benzene rings is 1. The summed E-state index contributed by atoms with van der Waals surface area (Å²) in [6.07, 6.45) is 0. The molecule has 1 aromatic rings. The van der Waals surface area contributed by atoms with Gasteiger partial charge in [0.25, 0.3) is 5.91 Å². The van der Waals surface area contributed by atoms with Crippen molar-refractivity contribution in [2.45, 2.75) is 6.92 Å². The highest BCUT2D eigenvalue weighted by Gasteiger charge is 2.15. The predicted molar refractivity (Wildman–Crippen MR) is 79.8 cm³/mol. The van der Waals surface area contributed by atoms with E-state index >= 15 is 0 Å². The van der Waals surface area contributed by atoms with E-state index < -0.39 is 0 Å². The normalized spacial score (nSPS) is 10.0. The Labute approximate surface area is 125 Å². The van der Waals surface area contributed by atoms with Gasteiger partial charge in [-0.3, -0.25) is 9.59 Å². The molecule has 0 unspecified atom stereocenters. The number of hydrogen-bond donors (Lipinski definition) is 1. The second-order valence-electron chi connectivity index (χ2n) is 3.74. The molecule has 0 aliphatic heterocycles. The first-order chi connectivity index (χ1) is 8.45. The van der Waals surface area contributed by atoms with Crippen molar-refractivity contribution in [3.8, 4) is 0 Å². The van der Waals surface area contributed by atoms with Crippen LogP contribution in [0.5, 0.6) is 0 Å². The van der Waals surface area contributed by atoms with Crippen molar-refractivity contribution >= 4 is 46.0 Å². The third-order valence-electron chi connectivity index (χ3n) is 2.27. The molecule has 1 N–H and O–H groups in total. The maximum absolute atomic E-state index is 12.0. The van der Waals surface area contributed by atoms with Crippen LogP contribution in [0.25, 0.3) is 0 Å². The highest BCUT2D eigenvalue weighted by Crippen LogP contribution is 2.20. The van der Waals surface area contributed by atoms with Crippen molar-refractivity contribution in [3.05, 3.63) is 32.4 Å². The molecule has 0 atom stereocenters. The van der Waals surface area contributed by atoms with E-state index in [0.29, 0.717) is 17.1 Å². The molecular formula is C12H14ClIN2O2. The number of halogens is 2. The quantitative estimate of drug-likeness (QED) is 0.814. The number of nitrogens with one attached hydrogen (secondary N) is 1. The topological polar surface area (TPSA) is 49.4 Å². The Morgan fingerprint density at radius 2 is 2.11 bits per heavy atom. The number of hydrogen-bond acceptors (Lipinski definition) is 2. The van der Waals surface area contributed by atoms with Gasteiger partial charge in [0.05, 0.1) is 11.6 Å². The van der Waals surface area contributed by atoms with Gasteiger partial charge >= 0.3 is 0 Å². The first-order valence-electron chi connectivity index (χ1n) is 5.43. The maximum Gasteiger partial charge on any atom is 0.254 e. The minimum Gasteiger partial charge on any atom is -0.355 e. The van der Waals surface area contributed by atoms with E-state index in [0.717, 1.165) is 3.57 Å². The van der Waals surface area contributed by atoms with E-state index in [2.05, 4.69) is 27.9 Å². The first kappa shape index (κ1) is 15.2. The zero-order chi connectivity index (χ0) is 13.7. The van der Waals surface area contributed by atoms with Gasteiger partial charge in [0.2, 0.25) is 5.91 Å². The summed E-state index contributed by atoms with van der Waals surface area (Å²) in [7, 11) is 1.59. The Morgan fingerprint density at radius 1 is 1.44 bits per heavy atom. The number of nitrogens with zero attached hydrogens (tertiary/aromatic N) is 1. The van der Waals surface area contributed by atoms with E-state index in [1.54, 1.807) is 25.2 Å². The van der Waals surface area contributed by atoms with Crippen molar-refractivity contribution in [2.75, 3.05) is 20.1 Å². The van der Waals surface area contributed by atoms with Crippen LogP contribution in [-0.4, -0.2) is 36.9 Å². The van der Waals surface area contributed by atoms with Gasteiger partial charge in [-0.25, -0.2) is 0 Å². The van der Waals surface area contributed by atoms with Gasteiger partial charge in [0.15, 0.2) is 0 Å². The zero-order valence-electron chi connectivity index (χ0n) is 10.2. The summed E-state index contributed by atoms with van der Waals surface area (Å²) < 4.78 is 0.886. The van der Waals surface area contributed by atoms with E-state index in [4.69, 9.17) is 11.6 Å². The molecule has 0 saturated carbocycles. The van der Waals surface area contributed by atoms with Gasteiger partial charge in [-0.15, -0.1) is 0 Å². The Bertz CT molecular complexity index is 465. The molecule has 0 fully saturated rings. The minimum atomic E-state index is -0.223. The van der Waals surface area contributed by atoms with Crippen LogP contribution in [-0.2, 0) is 4.79 Å². The standard InChI is InChI=1S/C12H14ClIN2O2/c1-3-15-11(17)7-16(2)12(18)8-4-5-10(14)9(13)6-8/h4-6H,3,7H2,1-2H3,(H,15,17). The lowest BCUT2D eigenvalue weighted by Gasteiger charge is -2.16. The predicted octanol–water partition coefficient (Wildman–Crippen LogP) is 2.15. The molecule has 1 aromatic carbocycles. The van der Waals surface area contributed by atoms with Crippen molar-refractivity contribution in [1.29, 1.82) is 0 Å². The second-order valence-corrected chi connectivity index (χ2v) is 5.31. The van der Waals surface area contributed by atoms with Gasteiger partial charge in [-0.2, -0.15) is 0 Å². The van der Waals surface area contributed by atoms with E-state index in [1.807, 2.05) is 6.92 Å². The summed E-state index contributed by atoms with van der Waals surface area (Å²) in [6, 6.07) is 5.08. The third-order valence-corrected chi connectivity index (χ3v) is 3.84. The van der Waals surface area contributed by atoms with Crippen LogP contribution in [0.2, 0.25) is 5.02 Å². The molecule has 2 amide bonds. The minimum absolute atomic E-state index is 0.0380. The van der Waals surface area contributed by atoms with Crippen LogP contribution in [0, 0.1) is 3.57 Å². The Morgan fingerprint density at radius 3 is 2.67 bits per heavy atom. The highest BCUT2D eigenvalue weighted by molar-refractivity contribution is 14.1. The molecule has 0 heterocycles. The third kappa shape index (κ3) is 4.13. The van der Waals surface area contributed by atoms with Crippen LogP contribution >= 0.6 is 34.2 Å². The number of amides is 2. The molecule has 0 aromatic heterocycles. The lowest BCUT2D eigenvalue weighted by atomic mass is 10.2. The Kier molecular flexibility index (Phi) is 5.87. The molecule has 1 rings (SSSR count). The highest BCUT2D eigenvalue weighted by atomic mass is 127. The summed E-state index contributed by atoms with van der Waals surface area (Å²) in [5.74, 6) is -0.399. The first-order valence-corrected chi connectivity index (χ1v) is 6.88. The lowest BCUT2D eigenvalue weighted by molar-refractivity contribution is -0.121. The molecule has 0 saturated heterocycles. The molecule has 0 bridgehead atoms. The van der Waals surface area contributed by atoms with E-state index in [1.165, 1.54) is 4.90 Å². The SMILES string of the molecule is CCNC(=O)CN(C)C(=O)c1ccc(I)c(Cl)c1. The molecule has 0 aliphatic rings. The van der Waals surface area contributed by atoms with Crippen molar-refractivity contribution < 1.29 is 9.59 Å². The van der Waals surface area contributed by atoms with Crippen molar-refractivity contribution in [2.24, 2.45) is 0 Å². The number of carbonyl (C=O) groups is 2. The van der Waals surface area contributed by atoms with Crippen molar-refractivity contribution in [1.82, 2.24) is 10.2 Å². The largest absolute Gasteiger partial charge is 0.355 e. The zero-order valence-corrected chi connectivity index (χ0v) is 13.1. The number of likely N-dealkylation sites (N-methyl/N-ethyl adjacent to an activating group) is 2. The fourth-order valence-corrected chi connectivity index (χ4v) is 1.91. The molecule has 0 aliphatic carbocycles. The maximum atomic E-state index is 12.0. The molecule has 98 valence electrons. The van der Waals surface area contributed by atoms with E-state index in [9.17, 15) is 9.59 Å². The van der Waals surface area contributed by atoms with Crippen molar-refractivity contribution in [3.63, 3.8) is 0 Å². The summed E-state index contributed by atoms with van der Waals surface area (Å²) in [6.45, 7) is 2.42. The molecule has 0 radical (unpaired) electrons. The molecular weight excluding hydrogens is 367 g/mol. The lowest BCUT2D eigenvalue weighted by Crippen LogP contribution is -2.38. The molecule has 6 heteroatoms. The van der Waals surface area contributed by atoms with Crippen LogP contribution < -0.4 is 5.32 Å². The second kappa shape index (κ2) is 6.94. The van der Waals surface area contributed by atoms with Gasteiger partial charge in [-0.1, -0.05) is 11.6 Å². The van der Waals surface area contributed by atoms with Gasteiger partial charge in [-0.05, 0) is 47.7 Å². The summed E-state index contributed by atoms with van der Waals surface area (Å²) in [4.78, 5) is 24.8. The van der Waals surface area contributed by atoms with E-state index in [-0.39, 0.29) is 18.4 Å². The number of carbonyl (C=O) groups excluding carboxylic acids is 2. The van der Waals surface area contributed by atoms with Gasteiger partial charge < -0.3 is 10.2 Å². The summed E-state index contributed by atoms with van der Waals surface area (Å²) in [5, 5.41) is 3.18. The Hall–Kier alpha value is -0.820. The number of rotatable bonds is 4. The van der Waals surface area contributed by atoms with Gasteiger partial charge in [0, 0.05) is 22.7 Å². The molecule has 18 heavy (non-hydrogen) atoms. The Balaban J connectivity index is 2.74. The van der Waals surface area contributed by atoms with Crippen LogP contribution in [0.4, 0.5) is 0 Å². The average molecular weight is 381 g/mol. The van der Waals surface area contributed by atoms with Crippen LogP contribution in [0.1, 0.15) is 17.3 Å². The molecule has 4 nitrogen and oxygen atoms in total. The molecule has 0 spiro atoms. The summed E-state index contributed by atoms with van der Waals surface area (Å²) in [5.41, 5.74) is 0.479. The fourth-order valence-electron chi connectivity index (χ4n) is 1.39. The summed E-state index contributed by atoms with van der Waals surface area (Å²) >= 11 is 8.05. The van der Waals surface area contributed by atoms with Crippen LogP contribution in [0.3, 0.4) is 0 Å².